The van der Waals surface area contributed by atoms with Crippen LogP contribution < -0.4 is 14.2 Å². The van der Waals surface area contributed by atoms with Crippen LogP contribution in [0.4, 0.5) is 0 Å². The number of benzene rings is 3. The molecule has 0 aromatic heterocycles. The molecule has 1 fully saturated rings. The van der Waals surface area contributed by atoms with Gasteiger partial charge < -0.3 is 19.1 Å². The molecule has 1 amide bonds. The lowest BCUT2D eigenvalue weighted by atomic mass is 10.1. The normalized spacial score (nSPS) is 14.2. The molecule has 0 unspecified atom stereocenters. The van der Waals surface area contributed by atoms with Crippen molar-refractivity contribution in [3.8, 4) is 17.2 Å². The van der Waals surface area contributed by atoms with Crippen LogP contribution in [0.25, 0.3) is 6.08 Å². The van der Waals surface area contributed by atoms with Crippen molar-refractivity contribution in [2.75, 3.05) is 40.4 Å². The van der Waals surface area contributed by atoms with Gasteiger partial charge in [-0.1, -0.05) is 36.4 Å². The van der Waals surface area contributed by atoms with Gasteiger partial charge in [-0.15, -0.1) is 0 Å². The minimum atomic E-state index is 0.0314. The predicted octanol–water partition coefficient (Wildman–Crippen LogP) is 4.64. The summed E-state index contributed by atoms with van der Waals surface area (Å²) in [5.74, 6) is 2.46. The summed E-state index contributed by atoms with van der Waals surface area (Å²) in [5, 5.41) is 0. The minimum absolute atomic E-state index is 0.0314. The first-order chi connectivity index (χ1) is 17.1. The smallest absolute Gasteiger partial charge is 0.246 e. The first-order valence-electron chi connectivity index (χ1n) is 11.8. The van der Waals surface area contributed by atoms with Gasteiger partial charge in [0.15, 0.2) is 0 Å². The second-order valence-corrected chi connectivity index (χ2v) is 8.46. The Balaban J connectivity index is 1.31. The molecule has 1 aliphatic rings. The Kier molecular flexibility index (Phi) is 8.41. The second-order valence-electron chi connectivity index (χ2n) is 8.46. The molecule has 0 aliphatic carbocycles. The van der Waals surface area contributed by atoms with Gasteiger partial charge in [0, 0.05) is 44.4 Å². The van der Waals surface area contributed by atoms with E-state index in [1.54, 1.807) is 20.3 Å². The monoisotopic (exact) mass is 472 g/mol. The standard InChI is InChI=1S/C29H32N2O4/c1-33-27-10-6-7-24(20-27)21-30-15-17-31(18-16-30)29(32)14-12-23-11-13-28(34-2)25(19-23)22-35-26-8-4-3-5-9-26/h3-14,19-20H,15-18,21-22H2,1-2H3/b14-12+. The average Bonchev–Trinajstić information content (AvgIpc) is 2.91. The molecule has 0 spiro atoms. The molecule has 35 heavy (non-hydrogen) atoms. The Labute approximate surface area is 207 Å². The van der Waals surface area contributed by atoms with E-state index in [-0.39, 0.29) is 5.91 Å². The maximum atomic E-state index is 12.8. The van der Waals surface area contributed by atoms with Crippen LogP contribution in [0.2, 0.25) is 0 Å². The fraction of sp³-hybridized carbons (Fsp3) is 0.276. The van der Waals surface area contributed by atoms with E-state index in [9.17, 15) is 4.79 Å². The maximum Gasteiger partial charge on any atom is 0.246 e. The summed E-state index contributed by atoms with van der Waals surface area (Å²) in [4.78, 5) is 17.1. The van der Waals surface area contributed by atoms with Crippen LogP contribution in [0.5, 0.6) is 17.2 Å². The molecular weight excluding hydrogens is 440 g/mol. The third-order valence-corrected chi connectivity index (χ3v) is 6.08. The quantitative estimate of drug-likeness (QED) is 0.425. The lowest BCUT2D eigenvalue weighted by Gasteiger charge is -2.34. The van der Waals surface area contributed by atoms with Crippen LogP contribution in [0.1, 0.15) is 16.7 Å². The molecule has 1 saturated heterocycles. The van der Waals surface area contributed by atoms with Gasteiger partial charge in [-0.2, -0.15) is 0 Å². The number of ether oxygens (including phenoxy) is 3. The molecule has 6 nitrogen and oxygen atoms in total. The van der Waals surface area contributed by atoms with Gasteiger partial charge in [-0.25, -0.2) is 0 Å². The van der Waals surface area contributed by atoms with Crippen molar-refractivity contribution in [1.29, 1.82) is 0 Å². The Bertz CT molecular complexity index is 1140. The summed E-state index contributed by atoms with van der Waals surface area (Å²) in [6.45, 7) is 4.37. The zero-order valence-corrected chi connectivity index (χ0v) is 20.4. The molecule has 0 radical (unpaired) electrons. The fourth-order valence-electron chi connectivity index (χ4n) is 4.12. The summed E-state index contributed by atoms with van der Waals surface area (Å²) < 4.78 is 16.7. The number of methoxy groups -OCH3 is 2. The van der Waals surface area contributed by atoms with Crippen molar-refractivity contribution >= 4 is 12.0 Å². The van der Waals surface area contributed by atoms with Crippen LogP contribution in [0, 0.1) is 0 Å². The topological polar surface area (TPSA) is 51.2 Å². The molecular formula is C29H32N2O4. The van der Waals surface area contributed by atoms with Crippen LogP contribution in [-0.4, -0.2) is 56.1 Å². The van der Waals surface area contributed by atoms with Crippen LogP contribution in [-0.2, 0) is 17.9 Å². The molecule has 0 N–H and O–H groups in total. The maximum absolute atomic E-state index is 12.8. The highest BCUT2D eigenvalue weighted by Crippen LogP contribution is 2.23. The second kappa shape index (κ2) is 12.1. The van der Waals surface area contributed by atoms with Gasteiger partial charge in [0.25, 0.3) is 0 Å². The highest BCUT2D eigenvalue weighted by molar-refractivity contribution is 5.91. The van der Waals surface area contributed by atoms with Crippen molar-refractivity contribution < 1.29 is 19.0 Å². The van der Waals surface area contributed by atoms with E-state index in [2.05, 4.69) is 17.0 Å². The molecule has 1 heterocycles. The van der Waals surface area contributed by atoms with Crippen LogP contribution in [0.3, 0.4) is 0 Å². The van der Waals surface area contributed by atoms with E-state index in [4.69, 9.17) is 14.2 Å². The number of hydrogen-bond acceptors (Lipinski definition) is 5. The van der Waals surface area contributed by atoms with Gasteiger partial charge in [-0.05, 0) is 53.6 Å². The van der Waals surface area contributed by atoms with Crippen molar-refractivity contribution in [1.82, 2.24) is 9.80 Å². The third kappa shape index (κ3) is 6.87. The number of nitrogens with zero attached hydrogens (tertiary/aromatic N) is 2. The molecule has 0 atom stereocenters. The number of piperazine rings is 1. The summed E-state index contributed by atoms with van der Waals surface area (Å²) in [7, 11) is 3.33. The Hall–Kier alpha value is -3.77. The van der Waals surface area contributed by atoms with Gasteiger partial charge in [0.1, 0.15) is 23.9 Å². The number of rotatable bonds is 9. The average molecular weight is 473 g/mol. The molecule has 3 aromatic carbocycles. The molecule has 4 rings (SSSR count). The van der Waals surface area contributed by atoms with E-state index in [0.717, 1.165) is 48.0 Å². The van der Waals surface area contributed by atoms with Crippen molar-refractivity contribution in [3.05, 3.63) is 95.6 Å². The van der Waals surface area contributed by atoms with E-state index in [1.165, 1.54) is 5.56 Å². The fourth-order valence-corrected chi connectivity index (χ4v) is 4.12. The first kappa shape index (κ1) is 24.4. The van der Waals surface area contributed by atoms with E-state index in [0.29, 0.717) is 19.7 Å². The number of carbonyl (C=O) groups is 1. The third-order valence-electron chi connectivity index (χ3n) is 6.08. The van der Waals surface area contributed by atoms with Gasteiger partial charge in [0.05, 0.1) is 14.2 Å². The summed E-state index contributed by atoms with van der Waals surface area (Å²) in [6.07, 6.45) is 3.51. The highest BCUT2D eigenvalue weighted by Gasteiger charge is 2.19. The van der Waals surface area contributed by atoms with Gasteiger partial charge in [-0.3, -0.25) is 9.69 Å². The summed E-state index contributed by atoms with van der Waals surface area (Å²) in [6, 6.07) is 23.7. The summed E-state index contributed by atoms with van der Waals surface area (Å²) in [5.41, 5.74) is 3.08. The largest absolute Gasteiger partial charge is 0.497 e. The van der Waals surface area contributed by atoms with Crippen LogP contribution >= 0.6 is 0 Å². The summed E-state index contributed by atoms with van der Waals surface area (Å²) >= 11 is 0. The number of hydrogen-bond donors (Lipinski definition) is 0. The van der Waals surface area contributed by atoms with E-state index < -0.39 is 0 Å². The molecule has 3 aromatic rings. The molecule has 1 aliphatic heterocycles. The Morgan fingerprint density at radius 1 is 0.857 bits per heavy atom. The highest BCUT2D eigenvalue weighted by atomic mass is 16.5. The van der Waals surface area contributed by atoms with Gasteiger partial charge in [0.2, 0.25) is 5.91 Å². The van der Waals surface area contributed by atoms with E-state index in [1.807, 2.05) is 71.6 Å². The lowest BCUT2D eigenvalue weighted by molar-refractivity contribution is -0.127. The Morgan fingerprint density at radius 3 is 2.37 bits per heavy atom. The number of para-hydroxylation sites is 1. The molecule has 0 saturated carbocycles. The SMILES string of the molecule is COc1cccc(CN2CCN(C(=O)/C=C/c3ccc(OC)c(COc4ccccc4)c3)CC2)c1. The van der Waals surface area contributed by atoms with E-state index >= 15 is 0 Å². The number of carbonyl (C=O) groups excluding carboxylic acids is 1. The molecule has 0 bridgehead atoms. The van der Waals surface area contributed by atoms with Crippen molar-refractivity contribution in [3.63, 3.8) is 0 Å². The predicted molar refractivity (Wildman–Crippen MR) is 138 cm³/mol. The zero-order chi connectivity index (χ0) is 24.5. The first-order valence-corrected chi connectivity index (χ1v) is 11.8. The minimum Gasteiger partial charge on any atom is -0.497 e. The zero-order valence-electron chi connectivity index (χ0n) is 20.4. The lowest BCUT2D eigenvalue weighted by Crippen LogP contribution is -2.47. The Morgan fingerprint density at radius 2 is 1.63 bits per heavy atom. The van der Waals surface area contributed by atoms with Gasteiger partial charge >= 0.3 is 0 Å². The van der Waals surface area contributed by atoms with Crippen molar-refractivity contribution in [2.24, 2.45) is 0 Å². The van der Waals surface area contributed by atoms with Crippen molar-refractivity contribution in [2.45, 2.75) is 13.2 Å². The molecule has 182 valence electrons. The molecule has 6 heteroatoms. The number of amides is 1. The van der Waals surface area contributed by atoms with Crippen LogP contribution in [0.15, 0.2) is 78.9 Å².